The van der Waals surface area contributed by atoms with Crippen molar-refractivity contribution in [2.45, 2.75) is 32.3 Å². The summed E-state index contributed by atoms with van der Waals surface area (Å²) in [6.07, 6.45) is 5.03. The van der Waals surface area contributed by atoms with Crippen molar-refractivity contribution in [3.05, 3.63) is 18.0 Å². The fourth-order valence-electron chi connectivity index (χ4n) is 2.58. The smallest absolute Gasteiger partial charge is 0.0541 e. The summed E-state index contributed by atoms with van der Waals surface area (Å²) in [5, 5.41) is 13.7. The lowest BCUT2D eigenvalue weighted by Crippen LogP contribution is -2.38. The van der Waals surface area contributed by atoms with Crippen molar-refractivity contribution < 1.29 is 5.11 Å². The van der Waals surface area contributed by atoms with Gasteiger partial charge in [0.25, 0.3) is 0 Å². The number of rotatable bonds is 4. The van der Waals surface area contributed by atoms with Gasteiger partial charge >= 0.3 is 0 Å². The van der Waals surface area contributed by atoms with E-state index in [1.165, 1.54) is 5.69 Å². The SMILES string of the molecule is CC(O)C1CCN(CCc2ccnn2C)CC1. The lowest BCUT2D eigenvalue weighted by molar-refractivity contribution is 0.0721. The Bertz CT molecular complexity index is 340. The van der Waals surface area contributed by atoms with Crippen molar-refractivity contribution in [1.29, 1.82) is 0 Å². The van der Waals surface area contributed by atoms with Crippen LogP contribution in [0.15, 0.2) is 12.3 Å². The van der Waals surface area contributed by atoms with E-state index in [-0.39, 0.29) is 6.10 Å². The Morgan fingerprint density at radius 3 is 2.71 bits per heavy atom. The number of piperidine rings is 1. The summed E-state index contributed by atoms with van der Waals surface area (Å²) in [6, 6.07) is 2.09. The quantitative estimate of drug-likeness (QED) is 0.851. The molecule has 4 heteroatoms. The molecule has 1 aromatic heterocycles. The summed E-state index contributed by atoms with van der Waals surface area (Å²) in [5.41, 5.74) is 1.29. The number of aromatic nitrogens is 2. The predicted octanol–water partition coefficient (Wildman–Crippen LogP) is 1.06. The van der Waals surface area contributed by atoms with Crippen LogP contribution in [0.2, 0.25) is 0 Å². The second-order valence-corrected chi connectivity index (χ2v) is 5.12. The Morgan fingerprint density at radius 2 is 2.18 bits per heavy atom. The van der Waals surface area contributed by atoms with Crippen molar-refractivity contribution in [2.24, 2.45) is 13.0 Å². The van der Waals surface area contributed by atoms with Gasteiger partial charge in [0.1, 0.15) is 0 Å². The van der Waals surface area contributed by atoms with Gasteiger partial charge in [-0.15, -0.1) is 0 Å². The molecule has 2 heterocycles. The third kappa shape index (κ3) is 3.30. The van der Waals surface area contributed by atoms with Crippen LogP contribution in [0.5, 0.6) is 0 Å². The Labute approximate surface area is 103 Å². The second-order valence-electron chi connectivity index (χ2n) is 5.12. The van der Waals surface area contributed by atoms with Crippen LogP contribution in [-0.2, 0) is 13.5 Å². The van der Waals surface area contributed by atoms with E-state index in [2.05, 4.69) is 16.1 Å². The molecular formula is C13H23N3O. The molecule has 1 aliphatic heterocycles. The molecule has 2 rings (SSSR count). The molecule has 0 aromatic carbocycles. The highest BCUT2D eigenvalue weighted by Crippen LogP contribution is 2.20. The van der Waals surface area contributed by atoms with Gasteiger partial charge in [-0.25, -0.2) is 0 Å². The molecule has 4 nitrogen and oxygen atoms in total. The van der Waals surface area contributed by atoms with Crippen molar-refractivity contribution in [2.75, 3.05) is 19.6 Å². The van der Waals surface area contributed by atoms with E-state index in [9.17, 15) is 5.11 Å². The van der Waals surface area contributed by atoms with Crippen LogP contribution >= 0.6 is 0 Å². The van der Waals surface area contributed by atoms with E-state index in [1.54, 1.807) is 0 Å². The summed E-state index contributed by atoms with van der Waals surface area (Å²) in [4.78, 5) is 2.49. The fourth-order valence-corrected chi connectivity index (χ4v) is 2.58. The summed E-state index contributed by atoms with van der Waals surface area (Å²) in [6.45, 7) is 5.25. The fraction of sp³-hybridized carbons (Fsp3) is 0.769. The van der Waals surface area contributed by atoms with Gasteiger partial charge in [-0.05, 0) is 44.8 Å². The zero-order chi connectivity index (χ0) is 12.3. The Kier molecular flexibility index (Phi) is 4.18. The number of nitrogens with zero attached hydrogens (tertiary/aromatic N) is 3. The average molecular weight is 237 g/mol. The van der Waals surface area contributed by atoms with E-state index in [1.807, 2.05) is 24.9 Å². The Hall–Kier alpha value is -0.870. The molecule has 1 saturated heterocycles. The minimum atomic E-state index is -0.144. The van der Waals surface area contributed by atoms with Gasteiger partial charge in [0.05, 0.1) is 6.10 Å². The highest BCUT2D eigenvalue weighted by Gasteiger charge is 2.22. The zero-order valence-corrected chi connectivity index (χ0v) is 10.8. The van der Waals surface area contributed by atoms with Crippen molar-refractivity contribution in [3.63, 3.8) is 0 Å². The highest BCUT2D eigenvalue weighted by atomic mass is 16.3. The molecule has 1 atom stereocenters. The van der Waals surface area contributed by atoms with E-state index < -0.39 is 0 Å². The van der Waals surface area contributed by atoms with E-state index in [0.717, 1.165) is 38.9 Å². The van der Waals surface area contributed by atoms with Crippen LogP contribution in [0.3, 0.4) is 0 Å². The van der Waals surface area contributed by atoms with Crippen LogP contribution in [0.4, 0.5) is 0 Å². The van der Waals surface area contributed by atoms with Gasteiger partial charge in [0, 0.05) is 31.9 Å². The van der Waals surface area contributed by atoms with Gasteiger partial charge in [-0.2, -0.15) is 5.10 Å². The van der Waals surface area contributed by atoms with Crippen LogP contribution in [0.25, 0.3) is 0 Å². The first-order chi connectivity index (χ1) is 8.16. The summed E-state index contributed by atoms with van der Waals surface area (Å²) in [7, 11) is 2.00. The van der Waals surface area contributed by atoms with Gasteiger partial charge in [0.15, 0.2) is 0 Å². The van der Waals surface area contributed by atoms with E-state index in [0.29, 0.717) is 5.92 Å². The number of likely N-dealkylation sites (tertiary alicyclic amines) is 1. The molecule has 17 heavy (non-hydrogen) atoms. The first-order valence-corrected chi connectivity index (χ1v) is 6.54. The maximum atomic E-state index is 9.55. The molecular weight excluding hydrogens is 214 g/mol. The Balaban J connectivity index is 1.74. The lowest BCUT2D eigenvalue weighted by Gasteiger charge is -2.33. The molecule has 0 amide bonds. The number of hydrogen-bond donors (Lipinski definition) is 1. The van der Waals surface area contributed by atoms with Gasteiger partial charge in [-0.1, -0.05) is 0 Å². The van der Waals surface area contributed by atoms with Crippen molar-refractivity contribution in [3.8, 4) is 0 Å². The summed E-state index contributed by atoms with van der Waals surface area (Å²) in [5.74, 6) is 0.503. The highest BCUT2D eigenvalue weighted by molar-refractivity contribution is 5.00. The third-order valence-corrected chi connectivity index (χ3v) is 3.92. The first kappa shape index (κ1) is 12.6. The molecule has 0 saturated carbocycles. The maximum Gasteiger partial charge on any atom is 0.0541 e. The second kappa shape index (κ2) is 5.65. The number of aliphatic hydroxyl groups excluding tert-OH is 1. The molecule has 1 N–H and O–H groups in total. The molecule has 96 valence electrons. The minimum Gasteiger partial charge on any atom is -0.393 e. The topological polar surface area (TPSA) is 41.3 Å². The van der Waals surface area contributed by atoms with Gasteiger partial charge in [-0.3, -0.25) is 4.68 Å². The summed E-state index contributed by atoms with van der Waals surface area (Å²) < 4.78 is 1.95. The predicted molar refractivity (Wildman–Crippen MR) is 67.8 cm³/mol. The largest absolute Gasteiger partial charge is 0.393 e. The molecule has 0 aliphatic carbocycles. The number of hydrogen-bond acceptors (Lipinski definition) is 3. The minimum absolute atomic E-state index is 0.144. The first-order valence-electron chi connectivity index (χ1n) is 6.54. The maximum absolute atomic E-state index is 9.55. The van der Waals surface area contributed by atoms with Crippen LogP contribution in [-0.4, -0.2) is 45.5 Å². The van der Waals surface area contributed by atoms with Crippen LogP contribution in [0, 0.1) is 5.92 Å². The van der Waals surface area contributed by atoms with Gasteiger partial charge in [0.2, 0.25) is 0 Å². The molecule has 0 spiro atoms. The molecule has 1 aliphatic rings. The normalized spacial score (nSPS) is 20.6. The van der Waals surface area contributed by atoms with Crippen molar-refractivity contribution >= 4 is 0 Å². The Morgan fingerprint density at radius 1 is 1.47 bits per heavy atom. The lowest BCUT2D eigenvalue weighted by atomic mass is 9.92. The molecule has 1 unspecified atom stereocenters. The van der Waals surface area contributed by atoms with E-state index >= 15 is 0 Å². The van der Waals surface area contributed by atoms with Crippen LogP contribution < -0.4 is 0 Å². The molecule has 0 bridgehead atoms. The standard InChI is InChI=1S/C13H23N3O/c1-11(17)12-4-8-16(9-5-12)10-6-13-3-7-14-15(13)2/h3,7,11-12,17H,4-6,8-10H2,1-2H3. The van der Waals surface area contributed by atoms with Crippen LogP contribution in [0.1, 0.15) is 25.5 Å². The third-order valence-electron chi connectivity index (χ3n) is 3.92. The van der Waals surface area contributed by atoms with Gasteiger partial charge < -0.3 is 10.0 Å². The van der Waals surface area contributed by atoms with E-state index in [4.69, 9.17) is 0 Å². The van der Waals surface area contributed by atoms with Crippen molar-refractivity contribution in [1.82, 2.24) is 14.7 Å². The molecule has 1 aromatic rings. The zero-order valence-electron chi connectivity index (χ0n) is 10.8. The molecule has 1 fully saturated rings. The summed E-state index contributed by atoms with van der Waals surface area (Å²) >= 11 is 0. The monoisotopic (exact) mass is 237 g/mol. The number of aliphatic hydroxyl groups is 1. The number of aryl methyl sites for hydroxylation is 1. The average Bonchev–Trinajstić information content (AvgIpc) is 2.73. The molecule has 0 radical (unpaired) electrons.